The summed E-state index contributed by atoms with van der Waals surface area (Å²) >= 11 is 0. The van der Waals surface area contributed by atoms with E-state index in [1.807, 2.05) is 6.07 Å². The van der Waals surface area contributed by atoms with Crippen molar-refractivity contribution in [3.8, 4) is 11.5 Å². The van der Waals surface area contributed by atoms with Gasteiger partial charge in [-0.15, -0.1) is 12.4 Å². The first-order valence-corrected chi connectivity index (χ1v) is 8.12. The Morgan fingerprint density at radius 2 is 1.85 bits per heavy atom. The lowest BCUT2D eigenvalue weighted by atomic mass is 10.0. The van der Waals surface area contributed by atoms with Gasteiger partial charge in [-0.2, -0.15) is 0 Å². The first-order chi connectivity index (χ1) is 12.1. The number of amides is 1. The van der Waals surface area contributed by atoms with Crippen LogP contribution < -0.4 is 14.8 Å². The predicted octanol–water partition coefficient (Wildman–Crippen LogP) is 3.05. The fourth-order valence-electron chi connectivity index (χ4n) is 3.06. The summed E-state index contributed by atoms with van der Waals surface area (Å²) in [5, 5.41) is 3.27. The summed E-state index contributed by atoms with van der Waals surface area (Å²) in [6.07, 6.45) is 0. The van der Waals surface area contributed by atoms with Crippen LogP contribution >= 0.6 is 12.4 Å². The van der Waals surface area contributed by atoms with Gasteiger partial charge in [-0.05, 0) is 29.8 Å². The molecule has 7 heteroatoms. The summed E-state index contributed by atoms with van der Waals surface area (Å²) in [5.41, 5.74) is 1.26. The monoisotopic (exact) mass is 380 g/mol. The zero-order chi connectivity index (χ0) is 17.8. The SMILES string of the molecule is COc1cc(OC)cc(C(=O)N2CCNCC2c2cccc(F)c2)c1.Cl. The van der Waals surface area contributed by atoms with Gasteiger partial charge in [0.1, 0.15) is 17.3 Å². The number of halogens is 2. The van der Waals surface area contributed by atoms with Crippen LogP contribution in [0.2, 0.25) is 0 Å². The molecule has 0 saturated carbocycles. The highest BCUT2D eigenvalue weighted by Gasteiger charge is 2.29. The second-order valence-electron chi connectivity index (χ2n) is 5.87. The minimum atomic E-state index is -0.307. The summed E-state index contributed by atoms with van der Waals surface area (Å²) in [5.74, 6) is 0.673. The van der Waals surface area contributed by atoms with Gasteiger partial charge in [0.25, 0.3) is 5.91 Å². The molecule has 1 aliphatic heterocycles. The molecule has 2 aromatic carbocycles. The van der Waals surface area contributed by atoms with Gasteiger partial charge >= 0.3 is 0 Å². The number of rotatable bonds is 4. The van der Waals surface area contributed by atoms with Crippen LogP contribution in [0.15, 0.2) is 42.5 Å². The fourth-order valence-corrected chi connectivity index (χ4v) is 3.06. The van der Waals surface area contributed by atoms with Crippen LogP contribution in [-0.2, 0) is 0 Å². The van der Waals surface area contributed by atoms with Crippen molar-refractivity contribution in [3.63, 3.8) is 0 Å². The Bertz CT molecular complexity index is 750. The third-order valence-corrected chi connectivity index (χ3v) is 4.34. The van der Waals surface area contributed by atoms with Crippen molar-refractivity contribution in [1.82, 2.24) is 10.2 Å². The molecule has 1 fully saturated rings. The summed E-state index contributed by atoms with van der Waals surface area (Å²) in [6, 6.07) is 11.3. The van der Waals surface area contributed by atoms with Crippen molar-refractivity contribution in [1.29, 1.82) is 0 Å². The highest BCUT2D eigenvalue weighted by molar-refractivity contribution is 5.95. The Morgan fingerprint density at radius 1 is 1.15 bits per heavy atom. The van der Waals surface area contributed by atoms with E-state index in [-0.39, 0.29) is 30.2 Å². The van der Waals surface area contributed by atoms with Crippen LogP contribution in [0, 0.1) is 5.82 Å². The topological polar surface area (TPSA) is 50.8 Å². The first kappa shape index (κ1) is 20.0. The molecule has 0 spiro atoms. The predicted molar refractivity (Wildman–Crippen MR) is 99.8 cm³/mol. The molecule has 1 N–H and O–H groups in total. The van der Waals surface area contributed by atoms with E-state index in [2.05, 4.69) is 5.32 Å². The van der Waals surface area contributed by atoms with Crippen LogP contribution in [0.3, 0.4) is 0 Å². The van der Waals surface area contributed by atoms with Crippen molar-refractivity contribution >= 4 is 18.3 Å². The molecule has 1 saturated heterocycles. The molecule has 1 unspecified atom stereocenters. The van der Waals surface area contributed by atoms with E-state index in [4.69, 9.17) is 9.47 Å². The molecule has 1 aliphatic rings. The van der Waals surface area contributed by atoms with Crippen LogP contribution in [0.1, 0.15) is 22.0 Å². The van der Waals surface area contributed by atoms with E-state index in [0.29, 0.717) is 36.7 Å². The van der Waals surface area contributed by atoms with E-state index in [1.54, 1.807) is 43.4 Å². The van der Waals surface area contributed by atoms with E-state index in [0.717, 1.165) is 5.56 Å². The number of methoxy groups -OCH3 is 2. The Labute approximate surface area is 158 Å². The molecule has 140 valence electrons. The number of carbonyl (C=O) groups is 1. The molecular weight excluding hydrogens is 359 g/mol. The molecule has 2 aromatic rings. The Kier molecular flexibility index (Phi) is 6.83. The largest absolute Gasteiger partial charge is 0.497 e. The maximum Gasteiger partial charge on any atom is 0.254 e. The summed E-state index contributed by atoms with van der Waals surface area (Å²) < 4.78 is 24.1. The van der Waals surface area contributed by atoms with E-state index < -0.39 is 0 Å². The Morgan fingerprint density at radius 3 is 2.46 bits per heavy atom. The number of ether oxygens (including phenoxy) is 2. The highest BCUT2D eigenvalue weighted by atomic mass is 35.5. The van der Waals surface area contributed by atoms with Crippen molar-refractivity contribution in [2.45, 2.75) is 6.04 Å². The van der Waals surface area contributed by atoms with Gasteiger partial charge < -0.3 is 19.7 Å². The van der Waals surface area contributed by atoms with Gasteiger partial charge in [0, 0.05) is 31.3 Å². The third-order valence-electron chi connectivity index (χ3n) is 4.34. The maximum atomic E-state index is 13.6. The van der Waals surface area contributed by atoms with Gasteiger partial charge in [0.2, 0.25) is 0 Å². The number of hydrogen-bond acceptors (Lipinski definition) is 4. The second-order valence-corrected chi connectivity index (χ2v) is 5.87. The maximum absolute atomic E-state index is 13.6. The quantitative estimate of drug-likeness (QED) is 0.885. The number of piperazine rings is 1. The zero-order valence-corrected chi connectivity index (χ0v) is 15.5. The minimum absolute atomic E-state index is 0. The van der Waals surface area contributed by atoms with Gasteiger partial charge in [0.05, 0.1) is 20.3 Å². The van der Waals surface area contributed by atoms with Crippen LogP contribution in [-0.4, -0.2) is 44.7 Å². The summed E-state index contributed by atoms with van der Waals surface area (Å²) in [7, 11) is 3.09. The average Bonchev–Trinajstić information content (AvgIpc) is 2.67. The van der Waals surface area contributed by atoms with Gasteiger partial charge in [-0.1, -0.05) is 12.1 Å². The molecule has 0 radical (unpaired) electrons. The van der Waals surface area contributed by atoms with Crippen molar-refractivity contribution in [2.24, 2.45) is 0 Å². The molecule has 0 aliphatic carbocycles. The molecular formula is C19H22ClFN2O3. The van der Waals surface area contributed by atoms with Gasteiger partial charge in [-0.25, -0.2) is 4.39 Å². The van der Waals surface area contributed by atoms with E-state index in [9.17, 15) is 9.18 Å². The fraction of sp³-hybridized carbons (Fsp3) is 0.316. The average molecular weight is 381 g/mol. The number of nitrogens with zero attached hydrogens (tertiary/aromatic N) is 1. The van der Waals surface area contributed by atoms with Crippen LogP contribution in [0.5, 0.6) is 11.5 Å². The van der Waals surface area contributed by atoms with Crippen molar-refractivity contribution in [2.75, 3.05) is 33.9 Å². The normalized spacial score (nSPS) is 16.6. The van der Waals surface area contributed by atoms with E-state index >= 15 is 0 Å². The number of benzene rings is 2. The highest BCUT2D eigenvalue weighted by Crippen LogP contribution is 2.28. The lowest BCUT2D eigenvalue weighted by molar-refractivity contribution is 0.0633. The Hall–Kier alpha value is -2.31. The lowest BCUT2D eigenvalue weighted by Crippen LogP contribution is -2.48. The summed E-state index contributed by atoms with van der Waals surface area (Å²) in [6.45, 7) is 1.81. The molecule has 5 nitrogen and oxygen atoms in total. The van der Waals surface area contributed by atoms with Crippen LogP contribution in [0.4, 0.5) is 4.39 Å². The minimum Gasteiger partial charge on any atom is -0.497 e. The molecule has 0 bridgehead atoms. The molecule has 1 amide bonds. The summed E-state index contributed by atoms with van der Waals surface area (Å²) in [4.78, 5) is 14.9. The van der Waals surface area contributed by atoms with Crippen molar-refractivity contribution < 1.29 is 18.7 Å². The molecule has 3 rings (SSSR count). The van der Waals surface area contributed by atoms with Gasteiger partial charge in [0.15, 0.2) is 0 Å². The van der Waals surface area contributed by atoms with Crippen LogP contribution in [0.25, 0.3) is 0 Å². The Balaban J connectivity index is 0.00000243. The third kappa shape index (κ3) is 4.26. The molecule has 1 heterocycles. The molecule has 0 aromatic heterocycles. The smallest absolute Gasteiger partial charge is 0.254 e. The van der Waals surface area contributed by atoms with Crippen molar-refractivity contribution in [3.05, 3.63) is 59.4 Å². The van der Waals surface area contributed by atoms with Gasteiger partial charge in [-0.3, -0.25) is 4.79 Å². The number of hydrogen-bond donors (Lipinski definition) is 1. The number of nitrogens with one attached hydrogen (secondary N) is 1. The van der Waals surface area contributed by atoms with E-state index in [1.165, 1.54) is 12.1 Å². The zero-order valence-electron chi connectivity index (χ0n) is 14.7. The molecule has 26 heavy (non-hydrogen) atoms. The lowest BCUT2D eigenvalue weighted by Gasteiger charge is -2.36. The first-order valence-electron chi connectivity index (χ1n) is 8.12. The number of carbonyl (C=O) groups excluding carboxylic acids is 1. The molecule has 1 atom stereocenters. The standard InChI is InChI=1S/C19H21FN2O3.ClH/c1-24-16-9-14(10-17(11-16)25-2)19(23)22-7-6-21-12-18(22)13-4-3-5-15(20)8-13;/h3-5,8-11,18,21H,6-7,12H2,1-2H3;1H. The second kappa shape index (κ2) is 8.87.